The minimum atomic E-state index is -0.400. The van der Waals surface area contributed by atoms with Crippen LogP contribution in [0.1, 0.15) is 77.7 Å². The van der Waals surface area contributed by atoms with E-state index in [4.69, 9.17) is 14.2 Å². The van der Waals surface area contributed by atoms with Gasteiger partial charge < -0.3 is 14.2 Å². The highest BCUT2D eigenvalue weighted by Crippen LogP contribution is 2.69. The Morgan fingerprint density at radius 2 is 1.63 bits per heavy atom. The van der Waals surface area contributed by atoms with Gasteiger partial charge in [-0.05, 0) is 116 Å². The lowest BCUT2D eigenvalue weighted by Crippen LogP contribution is -2.55. The molecule has 0 aromatic heterocycles. The maximum atomic E-state index is 13.2. The van der Waals surface area contributed by atoms with Gasteiger partial charge in [0.05, 0.1) is 20.3 Å². The van der Waals surface area contributed by atoms with Crippen LogP contribution in [0, 0.1) is 40.4 Å². The Balaban J connectivity index is 1.26. The third-order valence-corrected chi connectivity index (χ3v) is 11.4. The molecule has 0 amide bonds. The summed E-state index contributed by atoms with van der Waals surface area (Å²) in [6, 6.07) is 8.10. The molecule has 1 saturated heterocycles. The van der Waals surface area contributed by atoms with Crippen LogP contribution in [0.4, 0.5) is 0 Å². The number of methoxy groups -OCH3 is 1. The second-order valence-electron chi connectivity index (χ2n) is 12.8. The second-order valence-corrected chi connectivity index (χ2v) is 12.8. The Morgan fingerprint density at radius 1 is 0.914 bits per heavy atom. The van der Waals surface area contributed by atoms with Gasteiger partial charge in [0, 0.05) is 12.3 Å². The fraction of sp³-hybridized carbons (Fsp3) is 0.710. The molecule has 0 spiro atoms. The SMILES string of the molecule is COc1ccc(/C=C2/CC3(C)C4CCC5(C)C(CCC5C5(C)OCCO5)C4CC[C@H]3CC2=O)cc1. The molecule has 1 aromatic rings. The maximum Gasteiger partial charge on any atom is 0.169 e. The molecular weight excluding hydrogens is 436 g/mol. The van der Waals surface area contributed by atoms with E-state index in [-0.39, 0.29) is 5.41 Å². The largest absolute Gasteiger partial charge is 0.497 e. The molecule has 190 valence electrons. The summed E-state index contributed by atoms with van der Waals surface area (Å²) in [7, 11) is 1.69. The van der Waals surface area contributed by atoms with Crippen LogP contribution < -0.4 is 4.74 Å². The molecule has 5 aliphatic rings. The monoisotopic (exact) mass is 478 g/mol. The van der Waals surface area contributed by atoms with Crippen molar-refractivity contribution < 1.29 is 19.0 Å². The molecule has 6 unspecified atom stereocenters. The average Bonchev–Trinajstić information content (AvgIpc) is 3.44. The Morgan fingerprint density at radius 3 is 2.34 bits per heavy atom. The zero-order valence-corrected chi connectivity index (χ0v) is 22.0. The molecule has 5 fully saturated rings. The molecule has 4 heteroatoms. The van der Waals surface area contributed by atoms with Crippen molar-refractivity contribution >= 4 is 11.9 Å². The van der Waals surface area contributed by atoms with Gasteiger partial charge in [-0.3, -0.25) is 4.79 Å². The number of carbonyl (C=O) groups is 1. The lowest BCUT2D eigenvalue weighted by Gasteiger charge is -2.61. The number of carbonyl (C=O) groups excluding carboxylic acids is 1. The van der Waals surface area contributed by atoms with Gasteiger partial charge in [0.15, 0.2) is 11.6 Å². The Labute approximate surface area is 210 Å². The van der Waals surface area contributed by atoms with Gasteiger partial charge in [-0.1, -0.05) is 26.0 Å². The van der Waals surface area contributed by atoms with Crippen LogP contribution in [0.25, 0.3) is 6.08 Å². The van der Waals surface area contributed by atoms with E-state index in [0.29, 0.717) is 29.0 Å². The van der Waals surface area contributed by atoms with Gasteiger partial charge in [-0.15, -0.1) is 0 Å². The zero-order valence-electron chi connectivity index (χ0n) is 22.0. The van der Waals surface area contributed by atoms with E-state index in [1.54, 1.807) is 7.11 Å². The van der Waals surface area contributed by atoms with Crippen molar-refractivity contribution in [3.63, 3.8) is 0 Å². The molecule has 1 heterocycles. The molecule has 4 saturated carbocycles. The van der Waals surface area contributed by atoms with Gasteiger partial charge in [0.1, 0.15) is 5.75 Å². The molecule has 0 N–H and O–H groups in total. The first-order valence-corrected chi connectivity index (χ1v) is 13.9. The number of fused-ring (bicyclic) bond motifs is 5. The fourth-order valence-electron chi connectivity index (χ4n) is 9.64. The van der Waals surface area contributed by atoms with Crippen molar-refractivity contribution in [1.29, 1.82) is 0 Å². The van der Waals surface area contributed by atoms with Gasteiger partial charge in [-0.25, -0.2) is 0 Å². The number of Topliss-reactive ketones (excluding diaryl/α,β-unsaturated/α-hetero) is 1. The van der Waals surface area contributed by atoms with Gasteiger partial charge >= 0.3 is 0 Å². The number of ketones is 1. The zero-order chi connectivity index (χ0) is 24.4. The maximum absolute atomic E-state index is 13.2. The Bertz CT molecular complexity index is 1010. The summed E-state index contributed by atoms with van der Waals surface area (Å²) in [5.74, 6) is 4.07. The van der Waals surface area contributed by atoms with E-state index in [1.807, 2.05) is 12.1 Å². The third-order valence-electron chi connectivity index (χ3n) is 11.4. The first kappa shape index (κ1) is 23.7. The molecule has 7 atom stereocenters. The number of allylic oxidation sites excluding steroid dienone is 1. The van der Waals surface area contributed by atoms with Crippen LogP contribution in [0.2, 0.25) is 0 Å². The molecule has 1 aromatic carbocycles. The summed E-state index contributed by atoms with van der Waals surface area (Å²) in [5, 5.41) is 0. The van der Waals surface area contributed by atoms with Crippen LogP contribution >= 0.6 is 0 Å². The summed E-state index contributed by atoms with van der Waals surface area (Å²) in [4.78, 5) is 13.2. The van der Waals surface area contributed by atoms with Crippen molar-refractivity contribution in [3.8, 4) is 5.75 Å². The first-order valence-electron chi connectivity index (χ1n) is 13.9. The van der Waals surface area contributed by atoms with E-state index in [0.717, 1.165) is 54.8 Å². The lowest BCUT2D eigenvalue weighted by atomic mass is 9.44. The fourth-order valence-corrected chi connectivity index (χ4v) is 9.64. The predicted molar refractivity (Wildman–Crippen MR) is 137 cm³/mol. The van der Waals surface area contributed by atoms with Crippen molar-refractivity contribution in [2.45, 2.75) is 77.9 Å². The van der Waals surface area contributed by atoms with Gasteiger partial charge in [-0.2, -0.15) is 0 Å². The van der Waals surface area contributed by atoms with E-state index >= 15 is 0 Å². The van der Waals surface area contributed by atoms with E-state index in [2.05, 4.69) is 39.0 Å². The molecular formula is C31H42O4. The van der Waals surface area contributed by atoms with Crippen molar-refractivity contribution in [2.75, 3.05) is 20.3 Å². The number of hydrogen-bond donors (Lipinski definition) is 0. The van der Waals surface area contributed by atoms with Crippen LogP contribution in [0.15, 0.2) is 29.8 Å². The van der Waals surface area contributed by atoms with Crippen molar-refractivity contribution in [3.05, 3.63) is 35.4 Å². The normalized spacial score (nSPS) is 43.5. The average molecular weight is 479 g/mol. The molecule has 1 aliphatic heterocycles. The highest BCUT2D eigenvalue weighted by atomic mass is 16.7. The third kappa shape index (κ3) is 3.65. The summed E-state index contributed by atoms with van der Waals surface area (Å²) >= 11 is 0. The topological polar surface area (TPSA) is 44.8 Å². The summed E-state index contributed by atoms with van der Waals surface area (Å²) in [6.07, 6.45) is 11.4. The summed E-state index contributed by atoms with van der Waals surface area (Å²) in [6.45, 7) is 8.75. The van der Waals surface area contributed by atoms with Crippen LogP contribution in [0.3, 0.4) is 0 Å². The quantitative estimate of drug-likeness (QED) is 0.455. The minimum absolute atomic E-state index is 0.221. The van der Waals surface area contributed by atoms with Crippen molar-refractivity contribution in [1.82, 2.24) is 0 Å². The first-order chi connectivity index (χ1) is 16.8. The minimum Gasteiger partial charge on any atom is -0.497 e. The summed E-state index contributed by atoms with van der Waals surface area (Å²) < 4.78 is 17.7. The van der Waals surface area contributed by atoms with Gasteiger partial charge in [0.2, 0.25) is 0 Å². The molecule has 6 rings (SSSR count). The molecule has 0 bridgehead atoms. The summed E-state index contributed by atoms with van der Waals surface area (Å²) in [5.41, 5.74) is 2.66. The van der Waals surface area contributed by atoms with Gasteiger partial charge in [0.25, 0.3) is 0 Å². The number of hydrogen-bond acceptors (Lipinski definition) is 4. The Hall–Kier alpha value is -1.65. The highest BCUT2D eigenvalue weighted by Gasteiger charge is 2.64. The smallest absolute Gasteiger partial charge is 0.169 e. The van der Waals surface area contributed by atoms with Crippen LogP contribution in [-0.2, 0) is 14.3 Å². The van der Waals surface area contributed by atoms with Crippen LogP contribution in [-0.4, -0.2) is 31.9 Å². The number of ether oxygens (including phenoxy) is 3. The van der Waals surface area contributed by atoms with Crippen molar-refractivity contribution in [2.24, 2.45) is 40.4 Å². The standard InChI is InChI=1S/C31H42O4/c1-29-14-13-26-24(25(29)11-12-28(29)31(3)34-15-16-35-31)10-7-22-18-27(32)21(19-30(22,26)2)17-20-5-8-23(33-4)9-6-20/h5-6,8-9,17,22,24-26,28H,7,10-16,18-19H2,1-4H3/b21-17-/t22-,24?,25?,26?,28?,29?,30?/m0/s1. The number of benzene rings is 1. The Kier molecular flexibility index (Phi) is 5.73. The molecule has 0 radical (unpaired) electrons. The molecule has 4 aliphatic carbocycles. The molecule has 35 heavy (non-hydrogen) atoms. The number of rotatable bonds is 3. The lowest BCUT2D eigenvalue weighted by molar-refractivity contribution is -0.217. The molecule has 4 nitrogen and oxygen atoms in total. The second kappa shape index (κ2) is 8.45. The van der Waals surface area contributed by atoms with E-state index < -0.39 is 5.79 Å². The van der Waals surface area contributed by atoms with E-state index in [1.165, 1.54) is 38.5 Å². The predicted octanol–water partition coefficient (Wildman–Crippen LogP) is 6.68. The van der Waals surface area contributed by atoms with E-state index in [9.17, 15) is 4.79 Å². The van der Waals surface area contributed by atoms with Crippen LogP contribution in [0.5, 0.6) is 5.75 Å². The highest BCUT2D eigenvalue weighted by molar-refractivity contribution is 6.00.